The van der Waals surface area contributed by atoms with Crippen molar-refractivity contribution in [1.82, 2.24) is 9.80 Å². The third-order valence-corrected chi connectivity index (χ3v) is 6.54. The van der Waals surface area contributed by atoms with Gasteiger partial charge in [0.05, 0.1) is 0 Å². The van der Waals surface area contributed by atoms with Crippen molar-refractivity contribution in [3.8, 4) is 5.75 Å². The third-order valence-electron chi connectivity index (χ3n) is 5.95. The lowest BCUT2D eigenvalue weighted by atomic mass is 9.98. The maximum atomic E-state index is 12.8. The summed E-state index contributed by atoms with van der Waals surface area (Å²) in [5.41, 5.74) is 1.97. The molecule has 1 aromatic carbocycles. The van der Waals surface area contributed by atoms with Gasteiger partial charge in [-0.25, -0.2) is 0 Å². The van der Waals surface area contributed by atoms with Crippen LogP contribution in [0.2, 0.25) is 5.02 Å². The van der Waals surface area contributed by atoms with E-state index in [-0.39, 0.29) is 24.9 Å². The number of benzene rings is 1. The van der Waals surface area contributed by atoms with Gasteiger partial charge >= 0.3 is 0 Å². The minimum absolute atomic E-state index is 0. The Hall–Kier alpha value is -0.970. The molecule has 6 heteroatoms. The second kappa shape index (κ2) is 11.3. The van der Waals surface area contributed by atoms with Gasteiger partial charge < -0.3 is 14.5 Å². The number of piperidine rings is 2. The van der Waals surface area contributed by atoms with Gasteiger partial charge in [0.1, 0.15) is 5.75 Å². The quantitative estimate of drug-likeness (QED) is 0.637. The summed E-state index contributed by atoms with van der Waals surface area (Å²) >= 11 is 6.22. The van der Waals surface area contributed by atoms with Gasteiger partial charge in [-0.15, -0.1) is 12.4 Å². The van der Waals surface area contributed by atoms with Crippen molar-refractivity contribution in [3.63, 3.8) is 0 Å². The van der Waals surface area contributed by atoms with Crippen LogP contribution in [0, 0.1) is 13.8 Å². The van der Waals surface area contributed by atoms with Gasteiger partial charge in [-0.1, -0.05) is 18.0 Å². The number of halogens is 2. The summed E-state index contributed by atoms with van der Waals surface area (Å²) in [6, 6.07) is 4.18. The summed E-state index contributed by atoms with van der Waals surface area (Å²) in [5, 5.41) is 0.766. The molecule has 2 heterocycles. The molecule has 28 heavy (non-hydrogen) atoms. The number of carbonyl (C=O) groups is 1. The second-order valence-corrected chi connectivity index (χ2v) is 8.47. The van der Waals surface area contributed by atoms with Gasteiger partial charge in [-0.2, -0.15) is 0 Å². The molecule has 2 aliphatic heterocycles. The van der Waals surface area contributed by atoms with Crippen LogP contribution < -0.4 is 4.74 Å². The molecule has 2 fully saturated rings. The summed E-state index contributed by atoms with van der Waals surface area (Å²) < 4.78 is 5.82. The highest BCUT2D eigenvalue weighted by molar-refractivity contribution is 6.32. The molecule has 0 spiro atoms. The van der Waals surface area contributed by atoms with Crippen LogP contribution in [0.5, 0.6) is 5.75 Å². The molecule has 3 rings (SSSR count). The zero-order valence-corrected chi connectivity index (χ0v) is 18.8. The van der Waals surface area contributed by atoms with Gasteiger partial charge in [0.2, 0.25) is 0 Å². The molecule has 0 bridgehead atoms. The highest BCUT2D eigenvalue weighted by atomic mass is 35.5. The molecule has 2 saturated heterocycles. The molecular formula is C22H34Cl2N2O2. The minimum Gasteiger partial charge on any atom is -0.484 e. The SMILES string of the molecule is Cc1cc(OCC(=O)N2CCCCC2CCN2CCCCC2)cc(C)c1Cl.Cl. The smallest absolute Gasteiger partial charge is 0.260 e. The molecule has 0 saturated carbocycles. The lowest BCUT2D eigenvalue weighted by molar-refractivity contribution is -0.137. The monoisotopic (exact) mass is 428 g/mol. The summed E-state index contributed by atoms with van der Waals surface area (Å²) in [5.74, 6) is 0.841. The number of likely N-dealkylation sites (tertiary alicyclic amines) is 2. The largest absolute Gasteiger partial charge is 0.484 e. The van der Waals surface area contributed by atoms with Crippen molar-refractivity contribution in [1.29, 1.82) is 0 Å². The number of carbonyl (C=O) groups excluding carboxylic acids is 1. The summed E-state index contributed by atoms with van der Waals surface area (Å²) in [6.07, 6.45) is 8.55. The standard InChI is InChI=1S/C22H33ClN2O2.ClH/c1-17-14-20(15-18(2)22(17)23)27-16-21(26)25-12-7-4-8-19(25)9-13-24-10-5-3-6-11-24;/h14-15,19H,3-13,16H2,1-2H3;1H. The van der Waals surface area contributed by atoms with Crippen LogP contribution in [0.4, 0.5) is 0 Å². The molecule has 2 aliphatic rings. The third kappa shape index (κ3) is 6.27. The van der Waals surface area contributed by atoms with E-state index in [0.29, 0.717) is 6.04 Å². The first-order valence-corrected chi connectivity index (χ1v) is 10.8. The van der Waals surface area contributed by atoms with E-state index in [1.54, 1.807) is 0 Å². The predicted octanol–water partition coefficient (Wildman–Crippen LogP) is 5.01. The molecule has 1 aromatic rings. The topological polar surface area (TPSA) is 32.8 Å². The van der Waals surface area contributed by atoms with Crippen molar-refractivity contribution >= 4 is 29.9 Å². The number of aryl methyl sites for hydroxylation is 2. The van der Waals surface area contributed by atoms with Gasteiger partial charge in [0, 0.05) is 24.2 Å². The van der Waals surface area contributed by atoms with Crippen LogP contribution in [0.25, 0.3) is 0 Å². The number of amides is 1. The van der Waals surface area contributed by atoms with E-state index in [2.05, 4.69) is 9.80 Å². The number of ether oxygens (including phenoxy) is 1. The van der Waals surface area contributed by atoms with E-state index in [1.165, 1.54) is 38.8 Å². The van der Waals surface area contributed by atoms with Gasteiger partial charge in [-0.05, 0) is 88.7 Å². The van der Waals surface area contributed by atoms with Crippen molar-refractivity contribution in [2.45, 2.75) is 64.8 Å². The number of hydrogen-bond acceptors (Lipinski definition) is 3. The first-order chi connectivity index (χ1) is 13.0. The predicted molar refractivity (Wildman–Crippen MR) is 118 cm³/mol. The Morgan fingerprint density at radius 2 is 1.71 bits per heavy atom. The first-order valence-electron chi connectivity index (χ1n) is 10.5. The first kappa shape index (κ1) is 23.3. The zero-order valence-electron chi connectivity index (χ0n) is 17.2. The maximum absolute atomic E-state index is 12.8. The number of nitrogens with zero attached hydrogens (tertiary/aromatic N) is 2. The molecular weight excluding hydrogens is 395 g/mol. The van der Waals surface area contributed by atoms with Crippen molar-refractivity contribution < 1.29 is 9.53 Å². The van der Waals surface area contributed by atoms with Crippen LogP contribution in [0.15, 0.2) is 12.1 Å². The lowest BCUT2D eigenvalue weighted by Gasteiger charge is -2.37. The van der Waals surface area contributed by atoms with E-state index in [1.807, 2.05) is 26.0 Å². The summed E-state index contributed by atoms with van der Waals surface area (Å²) in [6.45, 7) is 8.46. The van der Waals surface area contributed by atoms with E-state index in [4.69, 9.17) is 16.3 Å². The Balaban J connectivity index is 0.00000280. The highest BCUT2D eigenvalue weighted by Gasteiger charge is 2.27. The summed E-state index contributed by atoms with van der Waals surface area (Å²) in [7, 11) is 0. The van der Waals surface area contributed by atoms with E-state index in [0.717, 1.165) is 54.3 Å². The van der Waals surface area contributed by atoms with Crippen LogP contribution in [-0.4, -0.2) is 54.5 Å². The highest BCUT2D eigenvalue weighted by Crippen LogP contribution is 2.26. The zero-order chi connectivity index (χ0) is 19.2. The Bertz CT molecular complexity index is 624. The molecule has 1 amide bonds. The maximum Gasteiger partial charge on any atom is 0.260 e. The Morgan fingerprint density at radius 3 is 2.39 bits per heavy atom. The molecule has 158 valence electrons. The fraction of sp³-hybridized carbons (Fsp3) is 0.682. The molecule has 1 atom stereocenters. The normalized spacial score (nSPS) is 20.5. The average Bonchev–Trinajstić information content (AvgIpc) is 2.69. The van der Waals surface area contributed by atoms with Gasteiger partial charge in [-0.3, -0.25) is 4.79 Å². The van der Waals surface area contributed by atoms with Crippen LogP contribution in [0.3, 0.4) is 0 Å². The number of hydrogen-bond donors (Lipinski definition) is 0. The molecule has 0 aliphatic carbocycles. The van der Waals surface area contributed by atoms with Gasteiger partial charge in [0.15, 0.2) is 6.61 Å². The molecule has 1 unspecified atom stereocenters. The van der Waals surface area contributed by atoms with Crippen molar-refractivity contribution in [2.75, 3.05) is 32.8 Å². The van der Waals surface area contributed by atoms with Crippen LogP contribution >= 0.6 is 24.0 Å². The fourth-order valence-corrected chi connectivity index (χ4v) is 4.47. The van der Waals surface area contributed by atoms with E-state index < -0.39 is 0 Å². The molecule has 4 nitrogen and oxygen atoms in total. The second-order valence-electron chi connectivity index (χ2n) is 8.09. The van der Waals surface area contributed by atoms with Crippen molar-refractivity contribution in [2.24, 2.45) is 0 Å². The fourth-order valence-electron chi connectivity index (χ4n) is 4.36. The average molecular weight is 429 g/mol. The lowest BCUT2D eigenvalue weighted by Crippen LogP contribution is -2.47. The van der Waals surface area contributed by atoms with Gasteiger partial charge in [0.25, 0.3) is 5.91 Å². The summed E-state index contributed by atoms with van der Waals surface area (Å²) in [4.78, 5) is 17.5. The Kier molecular flexibility index (Phi) is 9.39. The molecule has 0 aromatic heterocycles. The minimum atomic E-state index is 0. The Morgan fingerprint density at radius 1 is 1.07 bits per heavy atom. The Labute approximate surface area is 181 Å². The number of rotatable bonds is 6. The molecule has 0 N–H and O–H groups in total. The van der Waals surface area contributed by atoms with Crippen LogP contribution in [0.1, 0.15) is 56.1 Å². The molecule has 0 radical (unpaired) electrons. The van der Waals surface area contributed by atoms with E-state index >= 15 is 0 Å². The van der Waals surface area contributed by atoms with Crippen molar-refractivity contribution in [3.05, 3.63) is 28.3 Å². The van der Waals surface area contributed by atoms with E-state index in [9.17, 15) is 4.79 Å². The van der Waals surface area contributed by atoms with Crippen LogP contribution in [-0.2, 0) is 4.79 Å².